The lowest BCUT2D eigenvalue weighted by molar-refractivity contribution is -0.134. The zero-order chi connectivity index (χ0) is 21.0. The standard InChI is InChI=1S/C20H25N3O.C4H10O/c1-4-23(5-2)20(24)14-9-16-15-7-6-8-17-19(15)13(11-21-17)10-18(16)22(3)12-14;1-2-3-4-5/h6-9,11,14,18,21H,4-5,10,12H2,1-3H3;5H,2-4H2,1H3/t14-,18-;/m1./s1. The van der Waals surface area contributed by atoms with Crippen LogP contribution in [0.2, 0.25) is 0 Å². The number of carbonyl (C=O) groups excluding carboxylic acids is 1. The first-order valence-corrected chi connectivity index (χ1v) is 11.0. The second kappa shape index (κ2) is 9.59. The minimum atomic E-state index is -0.0445. The van der Waals surface area contributed by atoms with Crippen LogP contribution in [-0.2, 0) is 11.2 Å². The molecule has 0 saturated heterocycles. The molecule has 158 valence electrons. The highest BCUT2D eigenvalue weighted by Crippen LogP contribution is 2.40. The predicted octanol–water partition coefficient (Wildman–Crippen LogP) is 3.68. The average molecular weight is 398 g/mol. The first kappa shape index (κ1) is 21.6. The maximum Gasteiger partial charge on any atom is 0.230 e. The normalized spacial score (nSPS) is 20.5. The van der Waals surface area contributed by atoms with Crippen LogP contribution in [0.5, 0.6) is 0 Å². The van der Waals surface area contributed by atoms with Gasteiger partial charge in [-0.1, -0.05) is 31.6 Å². The number of aliphatic hydroxyl groups is 1. The third kappa shape index (κ3) is 4.26. The van der Waals surface area contributed by atoms with E-state index in [4.69, 9.17) is 5.11 Å². The van der Waals surface area contributed by atoms with Gasteiger partial charge in [-0.25, -0.2) is 0 Å². The number of benzene rings is 1. The Morgan fingerprint density at radius 1 is 1.28 bits per heavy atom. The van der Waals surface area contributed by atoms with Crippen LogP contribution in [-0.4, -0.2) is 65.1 Å². The van der Waals surface area contributed by atoms with Crippen LogP contribution in [0.1, 0.15) is 44.7 Å². The van der Waals surface area contributed by atoms with Gasteiger partial charge >= 0.3 is 0 Å². The van der Waals surface area contributed by atoms with E-state index in [2.05, 4.69) is 68.2 Å². The number of fused-ring (bicyclic) bond motifs is 2. The minimum Gasteiger partial charge on any atom is -0.396 e. The van der Waals surface area contributed by atoms with Crippen molar-refractivity contribution in [3.05, 3.63) is 41.6 Å². The number of rotatable bonds is 5. The molecule has 0 unspecified atom stereocenters. The fourth-order valence-electron chi connectivity index (χ4n) is 4.53. The van der Waals surface area contributed by atoms with Gasteiger partial charge in [-0.05, 0) is 56.5 Å². The van der Waals surface area contributed by atoms with Crippen LogP contribution in [0, 0.1) is 5.92 Å². The zero-order valence-corrected chi connectivity index (χ0v) is 18.2. The summed E-state index contributed by atoms with van der Waals surface area (Å²) in [7, 11) is 2.15. The van der Waals surface area contributed by atoms with Crippen molar-refractivity contribution in [2.24, 2.45) is 5.92 Å². The monoisotopic (exact) mass is 397 g/mol. The Balaban J connectivity index is 0.000000431. The minimum absolute atomic E-state index is 0.0445. The van der Waals surface area contributed by atoms with Gasteiger partial charge in [0.25, 0.3) is 0 Å². The van der Waals surface area contributed by atoms with E-state index < -0.39 is 0 Å². The fraction of sp³-hybridized carbons (Fsp3) is 0.542. The van der Waals surface area contributed by atoms with Crippen molar-refractivity contribution >= 4 is 22.4 Å². The van der Waals surface area contributed by atoms with E-state index in [9.17, 15) is 4.79 Å². The maximum atomic E-state index is 12.9. The van der Waals surface area contributed by atoms with Gasteiger partial charge in [0, 0.05) is 49.4 Å². The van der Waals surface area contributed by atoms with Crippen LogP contribution < -0.4 is 0 Å². The summed E-state index contributed by atoms with van der Waals surface area (Å²) in [5.74, 6) is 0.210. The van der Waals surface area contributed by atoms with Gasteiger partial charge < -0.3 is 15.0 Å². The summed E-state index contributed by atoms with van der Waals surface area (Å²) in [6.07, 6.45) is 7.45. The Labute approximate surface area is 174 Å². The summed E-state index contributed by atoms with van der Waals surface area (Å²) in [5.41, 5.74) is 5.21. The number of hydrogen-bond acceptors (Lipinski definition) is 3. The van der Waals surface area contributed by atoms with E-state index in [1.165, 1.54) is 27.6 Å². The molecule has 1 aromatic carbocycles. The molecule has 1 amide bonds. The highest BCUT2D eigenvalue weighted by molar-refractivity contribution is 5.99. The molecule has 2 atom stereocenters. The molecule has 4 rings (SSSR count). The summed E-state index contributed by atoms with van der Waals surface area (Å²) in [6.45, 7) is 8.86. The summed E-state index contributed by atoms with van der Waals surface area (Å²) < 4.78 is 0. The fourth-order valence-corrected chi connectivity index (χ4v) is 4.53. The summed E-state index contributed by atoms with van der Waals surface area (Å²) >= 11 is 0. The molecule has 1 aromatic heterocycles. The topological polar surface area (TPSA) is 59.6 Å². The van der Waals surface area contributed by atoms with Crippen molar-refractivity contribution in [1.29, 1.82) is 0 Å². The Bertz CT molecular complexity index is 864. The van der Waals surface area contributed by atoms with Gasteiger partial charge in [0.1, 0.15) is 0 Å². The maximum absolute atomic E-state index is 12.9. The molecule has 5 nitrogen and oxygen atoms in total. The highest BCUT2D eigenvalue weighted by atomic mass is 16.2. The first-order valence-electron chi connectivity index (χ1n) is 11.0. The van der Waals surface area contributed by atoms with Gasteiger partial charge in [0.2, 0.25) is 5.91 Å². The van der Waals surface area contributed by atoms with Crippen molar-refractivity contribution in [1.82, 2.24) is 14.8 Å². The molecule has 1 aliphatic heterocycles. The lowest BCUT2D eigenvalue weighted by Crippen LogP contribution is -2.47. The van der Waals surface area contributed by atoms with E-state index in [0.29, 0.717) is 12.6 Å². The highest BCUT2D eigenvalue weighted by Gasteiger charge is 2.36. The van der Waals surface area contributed by atoms with Gasteiger partial charge in [0.15, 0.2) is 0 Å². The number of hydrogen-bond donors (Lipinski definition) is 2. The number of H-pyrrole nitrogens is 1. The van der Waals surface area contributed by atoms with Gasteiger partial charge in [-0.15, -0.1) is 0 Å². The van der Waals surface area contributed by atoms with Crippen LogP contribution in [0.4, 0.5) is 0 Å². The van der Waals surface area contributed by atoms with E-state index >= 15 is 0 Å². The van der Waals surface area contributed by atoms with Crippen LogP contribution >= 0.6 is 0 Å². The van der Waals surface area contributed by atoms with Gasteiger partial charge in [-0.3, -0.25) is 9.69 Å². The molecule has 2 aromatic rings. The van der Waals surface area contributed by atoms with Crippen molar-refractivity contribution in [2.75, 3.05) is 33.3 Å². The molecule has 0 radical (unpaired) electrons. The van der Waals surface area contributed by atoms with Gasteiger partial charge in [-0.2, -0.15) is 0 Å². The molecule has 0 saturated carbocycles. The van der Waals surface area contributed by atoms with Crippen molar-refractivity contribution < 1.29 is 9.90 Å². The lowest BCUT2D eigenvalue weighted by Gasteiger charge is -2.40. The van der Waals surface area contributed by atoms with E-state index in [-0.39, 0.29) is 11.8 Å². The van der Waals surface area contributed by atoms with Crippen molar-refractivity contribution in [3.63, 3.8) is 0 Å². The van der Waals surface area contributed by atoms with Crippen LogP contribution in [0.3, 0.4) is 0 Å². The summed E-state index contributed by atoms with van der Waals surface area (Å²) in [5, 5.41) is 9.40. The number of aromatic nitrogens is 1. The Morgan fingerprint density at radius 2 is 2.03 bits per heavy atom. The lowest BCUT2D eigenvalue weighted by atomic mass is 9.79. The molecular weight excluding hydrogens is 362 g/mol. The Hall–Kier alpha value is -2.11. The predicted molar refractivity (Wildman–Crippen MR) is 120 cm³/mol. The van der Waals surface area contributed by atoms with E-state index in [1.54, 1.807) is 0 Å². The molecule has 1 aliphatic carbocycles. The smallest absolute Gasteiger partial charge is 0.230 e. The number of nitrogens with one attached hydrogen (secondary N) is 1. The SMILES string of the molecule is CCCCO.CCN(CC)C(=O)[C@@H]1C=C2c3cccc4[nH]cc(c34)C[C@H]2N(C)C1. The molecule has 2 heterocycles. The summed E-state index contributed by atoms with van der Waals surface area (Å²) in [4.78, 5) is 20.6. The molecular formula is C24H35N3O2. The third-order valence-corrected chi connectivity index (χ3v) is 6.17. The molecule has 2 aliphatic rings. The van der Waals surface area contributed by atoms with Crippen molar-refractivity contribution in [2.45, 2.75) is 46.1 Å². The number of carbonyl (C=O) groups is 1. The van der Waals surface area contributed by atoms with E-state index in [1.807, 2.05) is 4.90 Å². The quantitative estimate of drug-likeness (QED) is 0.809. The second-order valence-electron chi connectivity index (χ2n) is 8.02. The Morgan fingerprint density at radius 3 is 2.66 bits per heavy atom. The number of aromatic amines is 1. The third-order valence-electron chi connectivity index (χ3n) is 6.17. The van der Waals surface area contributed by atoms with Crippen molar-refractivity contribution in [3.8, 4) is 0 Å². The average Bonchev–Trinajstić information content (AvgIpc) is 3.15. The number of amides is 1. The zero-order valence-electron chi connectivity index (χ0n) is 18.2. The van der Waals surface area contributed by atoms with Crippen LogP contribution in [0.15, 0.2) is 30.5 Å². The molecule has 0 fully saturated rings. The molecule has 29 heavy (non-hydrogen) atoms. The second-order valence-corrected chi connectivity index (χ2v) is 8.02. The first-order chi connectivity index (χ1) is 14.0. The largest absolute Gasteiger partial charge is 0.396 e. The number of aliphatic hydroxyl groups excluding tert-OH is 1. The number of likely N-dealkylation sites (N-methyl/N-ethyl adjacent to an activating group) is 1. The molecule has 5 heteroatoms. The van der Waals surface area contributed by atoms with E-state index in [0.717, 1.165) is 38.9 Å². The summed E-state index contributed by atoms with van der Waals surface area (Å²) in [6, 6.07) is 6.82. The Kier molecular flexibility index (Phi) is 7.14. The van der Waals surface area contributed by atoms with Gasteiger partial charge in [0.05, 0.1) is 5.92 Å². The molecule has 0 spiro atoms. The number of unbranched alkanes of at least 4 members (excludes halogenated alkanes) is 1. The molecule has 0 bridgehead atoms. The molecule has 2 N–H and O–H groups in total. The van der Waals surface area contributed by atoms with Crippen LogP contribution in [0.25, 0.3) is 16.5 Å². The number of nitrogens with zero attached hydrogens (tertiary/aromatic N) is 2.